The van der Waals surface area contributed by atoms with E-state index in [1.165, 1.54) is 19.2 Å². The van der Waals surface area contributed by atoms with Gasteiger partial charge < -0.3 is 35.4 Å². The summed E-state index contributed by atoms with van der Waals surface area (Å²) in [4.78, 5) is 77.7. The Balaban J connectivity index is -0.000000316. The Labute approximate surface area is 278 Å². The van der Waals surface area contributed by atoms with Crippen LogP contribution in [0.4, 0.5) is 9.59 Å². The number of carbonyl (C=O) groups is 4. The summed E-state index contributed by atoms with van der Waals surface area (Å²) >= 11 is 0. The van der Waals surface area contributed by atoms with E-state index in [4.69, 9.17) is 33.8 Å². The molecule has 0 saturated carbocycles. The number of esters is 1. The van der Waals surface area contributed by atoms with E-state index in [1.807, 2.05) is 13.0 Å². The van der Waals surface area contributed by atoms with Crippen LogP contribution in [0.1, 0.15) is 78.9 Å². The standard InChI is InChI=1S/C15H21NO4.C13H17NO4.2CO2.Li.H2O/c1-10-6-11(8-12(7-10)13(17)19-5)9-16-14(18)20-15(2,3)4;1-13(2,3)18-12(17)14-8-9-5-4-6-10(7-9)11(15)16;2*2-1-3;;/h6-8H,9H2,1-5H3,(H,16,18);4-7H,8H2,1-3H3,(H,14,17)(H,15,16);;;;1H2/q;;;;+1;/p-1. The number of methoxy groups -OCH3 is 1. The van der Waals surface area contributed by atoms with Gasteiger partial charge in [-0.25, -0.2) is 19.2 Å². The molecule has 248 valence electrons. The van der Waals surface area contributed by atoms with E-state index >= 15 is 0 Å². The largest absolute Gasteiger partial charge is 1.00 e. The van der Waals surface area contributed by atoms with Crippen LogP contribution in [0.15, 0.2) is 42.5 Å². The molecular formula is C30H39LiN2O13. The van der Waals surface area contributed by atoms with Crippen LogP contribution in [-0.4, -0.2) is 65.3 Å². The number of aromatic carboxylic acids is 1. The van der Waals surface area contributed by atoms with Gasteiger partial charge in [0.2, 0.25) is 0 Å². The van der Waals surface area contributed by atoms with E-state index in [0.717, 1.165) is 11.1 Å². The first-order chi connectivity index (χ1) is 20.3. The summed E-state index contributed by atoms with van der Waals surface area (Å²) < 4.78 is 14.9. The average molecular weight is 643 g/mol. The molecule has 0 aliphatic rings. The summed E-state index contributed by atoms with van der Waals surface area (Å²) in [5.74, 6) is -1.39. The van der Waals surface area contributed by atoms with Crippen LogP contribution in [0.25, 0.3) is 0 Å². The van der Waals surface area contributed by atoms with Crippen molar-refractivity contribution in [2.75, 3.05) is 7.11 Å². The average Bonchev–Trinajstić information content (AvgIpc) is 2.89. The topological polar surface area (TPSA) is 239 Å². The first kappa shape index (κ1) is 48.1. The molecule has 0 radical (unpaired) electrons. The quantitative estimate of drug-likeness (QED) is 0.226. The minimum absolute atomic E-state index is 0. The van der Waals surface area contributed by atoms with E-state index < -0.39 is 35.3 Å². The minimum atomic E-state index is -0.992. The van der Waals surface area contributed by atoms with Crippen molar-refractivity contribution in [2.24, 2.45) is 0 Å². The summed E-state index contributed by atoms with van der Waals surface area (Å²) in [6.45, 7) is 13.1. The van der Waals surface area contributed by atoms with Gasteiger partial charge in [0.1, 0.15) is 11.2 Å². The van der Waals surface area contributed by atoms with E-state index in [2.05, 4.69) is 15.4 Å². The molecule has 0 fully saturated rings. The monoisotopic (exact) mass is 642 g/mol. The molecule has 0 unspecified atom stereocenters. The normalized spacial score (nSPS) is 9.30. The van der Waals surface area contributed by atoms with Gasteiger partial charge in [-0.1, -0.05) is 18.2 Å². The number of hydrogen-bond donors (Lipinski definition) is 3. The van der Waals surface area contributed by atoms with Crippen LogP contribution in [0.3, 0.4) is 0 Å². The van der Waals surface area contributed by atoms with Gasteiger partial charge in [0.05, 0.1) is 18.2 Å². The number of amides is 2. The number of ether oxygens (including phenoxy) is 3. The van der Waals surface area contributed by atoms with Crippen molar-refractivity contribution in [3.8, 4) is 0 Å². The van der Waals surface area contributed by atoms with Gasteiger partial charge in [-0.05, 0) is 89.4 Å². The minimum Gasteiger partial charge on any atom is -0.870 e. The Morgan fingerprint density at radius 3 is 1.54 bits per heavy atom. The number of carboxylic acids is 1. The molecule has 2 aromatic rings. The number of hydrogen-bond acceptors (Lipinski definition) is 12. The first-order valence-corrected chi connectivity index (χ1v) is 12.8. The molecule has 0 heterocycles. The van der Waals surface area contributed by atoms with Crippen LogP contribution in [0, 0.1) is 6.92 Å². The van der Waals surface area contributed by atoms with Gasteiger partial charge in [0.25, 0.3) is 0 Å². The Morgan fingerprint density at radius 2 is 1.15 bits per heavy atom. The maximum atomic E-state index is 11.6. The van der Waals surface area contributed by atoms with E-state index in [0.29, 0.717) is 17.7 Å². The van der Waals surface area contributed by atoms with E-state index in [-0.39, 0.29) is 48.7 Å². The summed E-state index contributed by atoms with van der Waals surface area (Å²) in [5, 5.41) is 14.0. The number of carboxylic acid groups (broad SMARTS) is 1. The molecule has 0 aliphatic heterocycles. The first-order valence-electron chi connectivity index (χ1n) is 12.8. The van der Waals surface area contributed by atoms with Crippen molar-refractivity contribution in [3.05, 3.63) is 70.3 Å². The maximum Gasteiger partial charge on any atom is 1.00 e. The molecule has 16 heteroatoms. The van der Waals surface area contributed by atoms with Crippen molar-refractivity contribution in [1.29, 1.82) is 0 Å². The molecule has 4 N–H and O–H groups in total. The fourth-order valence-corrected chi connectivity index (χ4v) is 2.99. The van der Waals surface area contributed by atoms with Crippen LogP contribution < -0.4 is 29.5 Å². The molecule has 0 bridgehead atoms. The maximum absolute atomic E-state index is 11.6. The number of alkyl carbamates (subject to hydrolysis) is 2. The van der Waals surface area contributed by atoms with Gasteiger partial charge in [-0.2, -0.15) is 19.2 Å². The fraction of sp³-hybridized carbons (Fsp3) is 0.400. The van der Waals surface area contributed by atoms with Crippen LogP contribution in [0.2, 0.25) is 0 Å². The Hall–Kier alpha value is -4.76. The van der Waals surface area contributed by atoms with E-state index in [9.17, 15) is 19.2 Å². The second kappa shape index (κ2) is 24.5. The molecule has 0 atom stereocenters. The van der Waals surface area contributed by atoms with Crippen LogP contribution in [0.5, 0.6) is 0 Å². The predicted octanol–water partition coefficient (Wildman–Crippen LogP) is 0.876. The van der Waals surface area contributed by atoms with Crippen LogP contribution >= 0.6 is 0 Å². The van der Waals surface area contributed by atoms with E-state index in [1.54, 1.807) is 65.8 Å². The van der Waals surface area contributed by atoms with Gasteiger partial charge in [-0.15, -0.1) is 0 Å². The molecular weight excluding hydrogens is 603 g/mol. The SMILES string of the molecule is CC(C)(C)OC(=O)NCc1cccc(C(=O)O)c1.COC(=O)c1cc(C)cc(CNC(=O)OC(C)(C)C)c1.O=C=O.O=C=O.[Li+].[OH-]. The summed E-state index contributed by atoms with van der Waals surface area (Å²) in [6, 6.07) is 11.7. The second-order valence-electron chi connectivity index (χ2n) is 10.6. The third kappa shape index (κ3) is 25.7. The number of aryl methyl sites for hydroxylation is 1. The smallest absolute Gasteiger partial charge is 0.870 e. The zero-order valence-electron chi connectivity index (χ0n) is 27.3. The van der Waals surface area contributed by atoms with Crippen molar-refractivity contribution in [3.63, 3.8) is 0 Å². The van der Waals surface area contributed by atoms with Crippen molar-refractivity contribution < 1.29 is 82.0 Å². The molecule has 0 spiro atoms. The Kier molecular flexibility index (Phi) is 25.7. The van der Waals surface area contributed by atoms with Crippen molar-refractivity contribution >= 4 is 36.4 Å². The molecule has 2 rings (SSSR count). The Morgan fingerprint density at radius 1 is 0.739 bits per heavy atom. The summed E-state index contributed by atoms with van der Waals surface area (Å²) in [5.41, 5.74) is 2.03. The Bertz CT molecular complexity index is 1310. The number of benzene rings is 2. The third-order valence-corrected chi connectivity index (χ3v) is 4.40. The number of nitrogens with one attached hydrogen (secondary N) is 2. The molecule has 0 aliphatic carbocycles. The fourth-order valence-electron chi connectivity index (χ4n) is 2.99. The van der Waals surface area contributed by atoms with Gasteiger partial charge in [-0.3, -0.25) is 0 Å². The number of carbonyl (C=O) groups excluding carboxylic acids is 7. The predicted molar refractivity (Wildman–Crippen MR) is 154 cm³/mol. The molecule has 46 heavy (non-hydrogen) atoms. The molecule has 2 aromatic carbocycles. The van der Waals surface area contributed by atoms with Gasteiger partial charge >= 0.3 is 55.3 Å². The molecule has 2 amide bonds. The third-order valence-electron chi connectivity index (χ3n) is 4.40. The van der Waals surface area contributed by atoms with Crippen molar-refractivity contribution in [1.82, 2.24) is 10.6 Å². The molecule has 15 nitrogen and oxygen atoms in total. The van der Waals surface area contributed by atoms with Crippen LogP contribution in [-0.2, 0) is 46.5 Å². The second-order valence-corrected chi connectivity index (χ2v) is 10.6. The molecule has 0 saturated heterocycles. The van der Waals surface area contributed by atoms with Gasteiger partial charge in [0.15, 0.2) is 0 Å². The van der Waals surface area contributed by atoms with Crippen molar-refractivity contribution in [2.45, 2.75) is 72.8 Å². The van der Waals surface area contributed by atoms with Gasteiger partial charge in [0, 0.05) is 13.1 Å². The summed E-state index contributed by atoms with van der Waals surface area (Å²) in [7, 11) is 1.34. The number of rotatable bonds is 6. The zero-order chi connectivity index (χ0) is 34.5. The zero-order valence-corrected chi connectivity index (χ0v) is 27.3. The summed E-state index contributed by atoms with van der Waals surface area (Å²) in [6.07, 6.45) is -0.512. The molecule has 0 aromatic heterocycles.